The van der Waals surface area contributed by atoms with E-state index in [9.17, 15) is 4.91 Å². The van der Waals surface area contributed by atoms with Crippen LogP contribution in [-0.2, 0) is 0 Å². The first-order valence-electron chi connectivity index (χ1n) is 5.07. The smallest absolute Gasteiger partial charge is 0.178 e. The molecular weight excluding hydrogens is 204 g/mol. The zero-order valence-electron chi connectivity index (χ0n) is 8.90. The second kappa shape index (κ2) is 4.57. The average molecular weight is 216 g/mol. The largest absolute Gasteiger partial charge is 0.367 e. The maximum Gasteiger partial charge on any atom is 0.178 e. The summed E-state index contributed by atoms with van der Waals surface area (Å²) in [6.07, 6.45) is 0. The molecule has 0 aliphatic heterocycles. The Hall–Kier alpha value is -2.17. The van der Waals surface area contributed by atoms with Gasteiger partial charge in [-0.1, -0.05) is 30.3 Å². The van der Waals surface area contributed by atoms with Crippen molar-refractivity contribution in [2.24, 2.45) is 5.18 Å². The van der Waals surface area contributed by atoms with Crippen molar-refractivity contribution in [1.29, 1.82) is 0 Å². The van der Waals surface area contributed by atoms with E-state index in [0.29, 0.717) is 23.7 Å². The van der Waals surface area contributed by atoms with E-state index in [1.165, 1.54) is 0 Å². The van der Waals surface area contributed by atoms with Gasteiger partial charge in [0.05, 0.1) is 5.69 Å². The molecule has 0 bridgehead atoms. The summed E-state index contributed by atoms with van der Waals surface area (Å²) in [5, 5.41) is 12.8. The minimum Gasteiger partial charge on any atom is -0.367 e. The summed E-state index contributed by atoms with van der Waals surface area (Å²) in [5.41, 5.74) is 1.87. The lowest BCUT2D eigenvalue weighted by Gasteiger charge is -1.98. The fourth-order valence-electron chi connectivity index (χ4n) is 1.52. The Balaban J connectivity index is 2.46. The molecule has 0 saturated carbocycles. The Morgan fingerprint density at radius 2 is 2.12 bits per heavy atom. The van der Waals surface area contributed by atoms with E-state index in [1.54, 1.807) is 0 Å². The second-order valence-electron chi connectivity index (χ2n) is 3.28. The van der Waals surface area contributed by atoms with Gasteiger partial charge in [0.25, 0.3) is 0 Å². The van der Waals surface area contributed by atoms with E-state index in [4.69, 9.17) is 0 Å². The number of nitroso groups, excluding NO2 is 1. The van der Waals surface area contributed by atoms with E-state index < -0.39 is 0 Å². The Morgan fingerprint density at radius 1 is 1.38 bits per heavy atom. The summed E-state index contributed by atoms with van der Waals surface area (Å²) in [4.78, 5) is 10.8. The van der Waals surface area contributed by atoms with Gasteiger partial charge in [-0.3, -0.25) is 5.10 Å². The summed E-state index contributed by atoms with van der Waals surface area (Å²) in [5.74, 6) is 0.497. The first kappa shape index (κ1) is 10.4. The minimum absolute atomic E-state index is 0.327. The van der Waals surface area contributed by atoms with Crippen LogP contribution < -0.4 is 5.32 Å². The molecule has 1 aromatic carbocycles. The van der Waals surface area contributed by atoms with Crippen molar-refractivity contribution in [2.75, 3.05) is 11.9 Å². The number of hydrogen-bond donors (Lipinski definition) is 2. The van der Waals surface area contributed by atoms with Crippen molar-refractivity contribution < 1.29 is 0 Å². The second-order valence-corrected chi connectivity index (χ2v) is 3.28. The number of rotatable bonds is 4. The number of aromatic amines is 1. The summed E-state index contributed by atoms with van der Waals surface area (Å²) in [7, 11) is 0. The van der Waals surface area contributed by atoms with Gasteiger partial charge in [-0.2, -0.15) is 5.10 Å². The maximum absolute atomic E-state index is 10.8. The molecule has 16 heavy (non-hydrogen) atoms. The molecule has 2 rings (SSSR count). The predicted molar refractivity (Wildman–Crippen MR) is 63.6 cm³/mol. The summed E-state index contributed by atoms with van der Waals surface area (Å²) < 4.78 is 0. The van der Waals surface area contributed by atoms with Crippen molar-refractivity contribution in [3.63, 3.8) is 0 Å². The van der Waals surface area contributed by atoms with Crippen LogP contribution in [0, 0.1) is 4.91 Å². The van der Waals surface area contributed by atoms with Crippen LogP contribution in [0.15, 0.2) is 35.5 Å². The zero-order chi connectivity index (χ0) is 11.4. The molecule has 2 N–H and O–H groups in total. The highest BCUT2D eigenvalue weighted by Gasteiger charge is 2.14. The van der Waals surface area contributed by atoms with Crippen LogP contribution in [0.1, 0.15) is 6.92 Å². The van der Waals surface area contributed by atoms with Crippen LogP contribution in [0.5, 0.6) is 0 Å². The SMILES string of the molecule is CCNc1n[nH]c(-c2ccccc2)c1N=O. The fraction of sp³-hybridized carbons (Fsp3) is 0.182. The summed E-state index contributed by atoms with van der Waals surface area (Å²) in [6, 6.07) is 9.52. The monoisotopic (exact) mass is 216 g/mol. The van der Waals surface area contributed by atoms with Gasteiger partial charge in [0.1, 0.15) is 0 Å². The van der Waals surface area contributed by atoms with Crippen LogP contribution in [0.4, 0.5) is 11.5 Å². The van der Waals surface area contributed by atoms with Crippen LogP contribution in [0.2, 0.25) is 0 Å². The predicted octanol–water partition coefficient (Wildman–Crippen LogP) is 2.91. The standard InChI is InChI=1S/C11H12N4O/c1-2-12-11-10(15-16)9(13-14-11)8-6-4-3-5-7-8/h3-7H,2H2,1H3,(H2,12,13,14). The number of H-pyrrole nitrogens is 1. The van der Waals surface area contributed by atoms with Gasteiger partial charge in [-0.15, -0.1) is 4.91 Å². The van der Waals surface area contributed by atoms with E-state index in [2.05, 4.69) is 20.7 Å². The number of nitrogens with one attached hydrogen (secondary N) is 2. The summed E-state index contributed by atoms with van der Waals surface area (Å²) >= 11 is 0. The van der Waals surface area contributed by atoms with Crippen molar-refractivity contribution in [2.45, 2.75) is 6.92 Å². The lowest BCUT2D eigenvalue weighted by Crippen LogP contribution is -1.96. The van der Waals surface area contributed by atoms with Crippen LogP contribution in [0.25, 0.3) is 11.3 Å². The lowest BCUT2D eigenvalue weighted by atomic mass is 10.1. The van der Waals surface area contributed by atoms with Gasteiger partial charge in [-0.25, -0.2) is 0 Å². The van der Waals surface area contributed by atoms with Gasteiger partial charge in [0.2, 0.25) is 0 Å². The molecule has 0 atom stereocenters. The number of benzene rings is 1. The topological polar surface area (TPSA) is 70.1 Å². The highest BCUT2D eigenvalue weighted by Crippen LogP contribution is 2.33. The molecule has 1 aromatic heterocycles. The molecule has 0 saturated heterocycles. The molecule has 0 radical (unpaired) electrons. The van der Waals surface area contributed by atoms with Crippen LogP contribution >= 0.6 is 0 Å². The molecule has 0 unspecified atom stereocenters. The lowest BCUT2D eigenvalue weighted by molar-refractivity contribution is 1.07. The first-order chi connectivity index (χ1) is 7.86. The van der Waals surface area contributed by atoms with Gasteiger partial charge >= 0.3 is 0 Å². The van der Waals surface area contributed by atoms with Crippen LogP contribution in [-0.4, -0.2) is 16.7 Å². The van der Waals surface area contributed by atoms with E-state index in [1.807, 2.05) is 37.3 Å². The van der Waals surface area contributed by atoms with E-state index in [-0.39, 0.29) is 0 Å². The third-order valence-corrected chi connectivity index (χ3v) is 2.24. The minimum atomic E-state index is 0.327. The van der Waals surface area contributed by atoms with Crippen molar-refractivity contribution in [3.8, 4) is 11.3 Å². The summed E-state index contributed by atoms with van der Waals surface area (Å²) in [6.45, 7) is 2.63. The Morgan fingerprint density at radius 3 is 2.75 bits per heavy atom. The number of nitrogens with zero attached hydrogens (tertiary/aromatic N) is 2. The van der Waals surface area contributed by atoms with Crippen molar-refractivity contribution >= 4 is 11.5 Å². The van der Waals surface area contributed by atoms with Crippen molar-refractivity contribution in [3.05, 3.63) is 35.2 Å². The number of hydrogen-bond acceptors (Lipinski definition) is 4. The molecule has 2 aromatic rings. The van der Waals surface area contributed by atoms with Crippen LogP contribution in [0.3, 0.4) is 0 Å². The highest BCUT2D eigenvalue weighted by molar-refractivity contribution is 5.80. The quantitative estimate of drug-likeness (QED) is 0.772. The fourth-order valence-corrected chi connectivity index (χ4v) is 1.52. The molecule has 82 valence electrons. The Kier molecular flexibility index (Phi) is 2.95. The highest BCUT2D eigenvalue weighted by atomic mass is 16.3. The average Bonchev–Trinajstić information content (AvgIpc) is 2.73. The normalized spacial score (nSPS) is 10.1. The van der Waals surface area contributed by atoms with Gasteiger partial charge in [0.15, 0.2) is 11.5 Å². The van der Waals surface area contributed by atoms with Crippen molar-refractivity contribution in [1.82, 2.24) is 10.2 Å². The molecule has 0 spiro atoms. The molecule has 0 fully saturated rings. The molecule has 5 nitrogen and oxygen atoms in total. The molecular formula is C11H12N4O. The number of aromatic nitrogens is 2. The third-order valence-electron chi connectivity index (χ3n) is 2.24. The first-order valence-corrected chi connectivity index (χ1v) is 5.07. The van der Waals surface area contributed by atoms with Gasteiger partial charge in [0, 0.05) is 12.1 Å². The van der Waals surface area contributed by atoms with E-state index in [0.717, 1.165) is 5.56 Å². The molecule has 1 heterocycles. The zero-order valence-corrected chi connectivity index (χ0v) is 8.90. The third kappa shape index (κ3) is 1.79. The molecule has 0 aliphatic carbocycles. The molecule has 0 amide bonds. The number of anilines is 1. The van der Waals surface area contributed by atoms with E-state index >= 15 is 0 Å². The Bertz CT molecular complexity index is 478. The Labute approximate surface area is 92.9 Å². The maximum atomic E-state index is 10.8. The van der Waals surface area contributed by atoms with Gasteiger partial charge < -0.3 is 5.32 Å². The molecule has 0 aliphatic rings. The molecule has 5 heteroatoms. The van der Waals surface area contributed by atoms with Gasteiger partial charge in [-0.05, 0) is 12.1 Å².